The number of nitrogens with two attached hydrogens (primary N) is 1. The number of nitrogens with one attached hydrogen (secondary N) is 1. The van der Waals surface area contributed by atoms with Gasteiger partial charge in [-0.3, -0.25) is 15.2 Å². The molecule has 1 aliphatic heterocycles. The van der Waals surface area contributed by atoms with E-state index >= 15 is 0 Å². The van der Waals surface area contributed by atoms with Gasteiger partial charge >= 0.3 is 0 Å². The standard InChI is InChI=1S/C17H25N3O2S/c1-17(2,3)13-8-6-12(7-9-13)15(21)19-20(16(18)23)11-14-5-4-10-22-14/h6-9,14H,4-5,10-11H2,1-3H3,(H2,18,23)(H,19,21). The highest BCUT2D eigenvalue weighted by molar-refractivity contribution is 7.80. The van der Waals surface area contributed by atoms with Crippen molar-refractivity contribution >= 4 is 23.2 Å². The Kier molecular flexibility index (Phi) is 5.59. The van der Waals surface area contributed by atoms with Gasteiger partial charge in [0.25, 0.3) is 5.91 Å². The third-order valence-corrected chi connectivity index (χ3v) is 4.15. The molecule has 0 bridgehead atoms. The van der Waals surface area contributed by atoms with E-state index in [-0.39, 0.29) is 22.5 Å². The van der Waals surface area contributed by atoms with E-state index in [0.29, 0.717) is 12.1 Å². The van der Waals surface area contributed by atoms with Crippen LogP contribution in [0.5, 0.6) is 0 Å². The summed E-state index contributed by atoms with van der Waals surface area (Å²) in [6.45, 7) is 7.63. The summed E-state index contributed by atoms with van der Waals surface area (Å²) in [4.78, 5) is 12.4. The molecule has 1 aliphatic rings. The maximum absolute atomic E-state index is 12.4. The third kappa shape index (κ3) is 4.91. The summed E-state index contributed by atoms with van der Waals surface area (Å²) in [5.41, 5.74) is 10.3. The van der Waals surface area contributed by atoms with Crippen molar-refractivity contribution in [2.45, 2.75) is 45.1 Å². The predicted molar refractivity (Wildman–Crippen MR) is 95.1 cm³/mol. The fraction of sp³-hybridized carbons (Fsp3) is 0.529. The fourth-order valence-corrected chi connectivity index (χ4v) is 2.61. The number of carbonyl (C=O) groups is 1. The Labute approximate surface area is 143 Å². The van der Waals surface area contributed by atoms with Crippen molar-refractivity contribution in [3.8, 4) is 0 Å². The van der Waals surface area contributed by atoms with E-state index in [0.717, 1.165) is 19.4 Å². The van der Waals surface area contributed by atoms with Crippen molar-refractivity contribution in [1.82, 2.24) is 10.4 Å². The third-order valence-electron chi connectivity index (χ3n) is 3.93. The summed E-state index contributed by atoms with van der Waals surface area (Å²) in [7, 11) is 0. The summed E-state index contributed by atoms with van der Waals surface area (Å²) in [5.74, 6) is -0.226. The molecule has 1 amide bonds. The quantitative estimate of drug-likeness (QED) is 0.656. The maximum atomic E-state index is 12.4. The lowest BCUT2D eigenvalue weighted by Gasteiger charge is -2.26. The van der Waals surface area contributed by atoms with Gasteiger partial charge in [-0.05, 0) is 48.2 Å². The first kappa shape index (κ1) is 17.7. The van der Waals surface area contributed by atoms with Crippen LogP contribution in [0.1, 0.15) is 49.5 Å². The molecular weight excluding hydrogens is 310 g/mol. The summed E-state index contributed by atoms with van der Waals surface area (Å²) in [6.07, 6.45) is 2.04. The number of nitrogens with zero attached hydrogens (tertiary/aromatic N) is 1. The minimum atomic E-state index is -0.226. The van der Waals surface area contributed by atoms with Crippen molar-refractivity contribution in [3.63, 3.8) is 0 Å². The van der Waals surface area contributed by atoms with E-state index in [4.69, 9.17) is 22.7 Å². The molecule has 1 atom stereocenters. The van der Waals surface area contributed by atoms with Crippen LogP contribution in [0.25, 0.3) is 0 Å². The van der Waals surface area contributed by atoms with Crippen LogP contribution in [0.15, 0.2) is 24.3 Å². The van der Waals surface area contributed by atoms with E-state index in [1.807, 2.05) is 24.3 Å². The average Bonchev–Trinajstić information content (AvgIpc) is 2.98. The molecule has 1 saturated heterocycles. The molecule has 1 heterocycles. The topological polar surface area (TPSA) is 67.6 Å². The molecule has 23 heavy (non-hydrogen) atoms. The minimum Gasteiger partial charge on any atom is -0.376 e. The molecule has 1 aromatic rings. The second kappa shape index (κ2) is 7.27. The van der Waals surface area contributed by atoms with Gasteiger partial charge in [-0.1, -0.05) is 32.9 Å². The van der Waals surface area contributed by atoms with Gasteiger partial charge in [-0.25, -0.2) is 0 Å². The molecule has 1 fully saturated rings. The van der Waals surface area contributed by atoms with E-state index in [1.54, 1.807) is 0 Å². The van der Waals surface area contributed by atoms with Crippen LogP contribution in [0.4, 0.5) is 0 Å². The molecule has 0 saturated carbocycles. The SMILES string of the molecule is CC(C)(C)c1ccc(C(=O)NN(CC2CCCO2)C(N)=S)cc1. The summed E-state index contributed by atoms with van der Waals surface area (Å²) in [5, 5.41) is 1.63. The summed E-state index contributed by atoms with van der Waals surface area (Å²) < 4.78 is 5.57. The van der Waals surface area contributed by atoms with Crippen LogP contribution in [-0.2, 0) is 10.2 Å². The van der Waals surface area contributed by atoms with Gasteiger partial charge in [0, 0.05) is 12.2 Å². The zero-order chi connectivity index (χ0) is 17.0. The molecule has 0 spiro atoms. The normalized spacial score (nSPS) is 17.8. The zero-order valence-corrected chi connectivity index (χ0v) is 14.8. The van der Waals surface area contributed by atoms with Crippen LogP contribution in [-0.4, -0.2) is 35.3 Å². The van der Waals surface area contributed by atoms with Gasteiger partial charge in [0.15, 0.2) is 5.11 Å². The molecular formula is C17H25N3O2S. The Bertz CT molecular complexity index is 560. The minimum absolute atomic E-state index is 0.0552. The summed E-state index contributed by atoms with van der Waals surface area (Å²) in [6, 6.07) is 7.58. The molecule has 0 aromatic heterocycles. The lowest BCUT2D eigenvalue weighted by Crippen LogP contribution is -2.51. The number of benzene rings is 1. The second-order valence-corrected chi connectivity index (χ2v) is 7.27. The first-order valence-electron chi connectivity index (χ1n) is 7.87. The number of hydrogen-bond donors (Lipinski definition) is 2. The van der Waals surface area contributed by atoms with Crippen molar-refractivity contribution in [2.24, 2.45) is 5.73 Å². The largest absolute Gasteiger partial charge is 0.376 e. The number of ether oxygens (including phenoxy) is 1. The Morgan fingerprint density at radius 3 is 2.52 bits per heavy atom. The Hall–Kier alpha value is -1.66. The van der Waals surface area contributed by atoms with Crippen LogP contribution in [0.3, 0.4) is 0 Å². The number of thiocarbonyl (C=S) groups is 1. The second-order valence-electron chi connectivity index (χ2n) is 6.85. The Morgan fingerprint density at radius 1 is 1.39 bits per heavy atom. The maximum Gasteiger partial charge on any atom is 0.269 e. The van der Waals surface area contributed by atoms with Gasteiger partial charge in [0.1, 0.15) is 0 Å². The first-order valence-corrected chi connectivity index (χ1v) is 8.28. The average molecular weight is 335 g/mol. The molecule has 3 N–H and O–H groups in total. The van der Waals surface area contributed by atoms with Gasteiger partial charge in [0.05, 0.1) is 12.6 Å². The highest BCUT2D eigenvalue weighted by atomic mass is 32.1. The molecule has 1 aromatic carbocycles. The lowest BCUT2D eigenvalue weighted by molar-refractivity contribution is 0.0682. The number of amides is 1. The van der Waals surface area contributed by atoms with E-state index in [9.17, 15) is 4.79 Å². The Morgan fingerprint density at radius 2 is 2.04 bits per heavy atom. The molecule has 5 nitrogen and oxygen atoms in total. The van der Waals surface area contributed by atoms with Crippen molar-refractivity contribution in [2.75, 3.05) is 13.2 Å². The van der Waals surface area contributed by atoms with Crippen LogP contribution < -0.4 is 11.2 Å². The number of rotatable bonds is 3. The predicted octanol–water partition coefficient (Wildman–Crippen LogP) is 2.35. The van der Waals surface area contributed by atoms with Crippen molar-refractivity contribution in [3.05, 3.63) is 35.4 Å². The van der Waals surface area contributed by atoms with Crippen LogP contribution >= 0.6 is 12.2 Å². The van der Waals surface area contributed by atoms with Crippen LogP contribution in [0.2, 0.25) is 0 Å². The lowest BCUT2D eigenvalue weighted by atomic mass is 9.87. The number of hydrogen-bond acceptors (Lipinski definition) is 3. The molecule has 2 rings (SSSR count). The molecule has 0 radical (unpaired) electrons. The number of carbonyl (C=O) groups excluding carboxylic acids is 1. The Balaban J connectivity index is 2.01. The zero-order valence-electron chi connectivity index (χ0n) is 14.0. The van der Waals surface area contributed by atoms with Gasteiger partial charge in [-0.2, -0.15) is 0 Å². The van der Waals surface area contributed by atoms with E-state index in [2.05, 4.69) is 26.2 Å². The highest BCUT2D eigenvalue weighted by Crippen LogP contribution is 2.22. The van der Waals surface area contributed by atoms with E-state index < -0.39 is 0 Å². The van der Waals surface area contributed by atoms with Gasteiger partial charge in [0.2, 0.25) is 0 Å². The molecule has 1 unspecified atom stereocenters. The summed E-state index contributed by atoms with van der Waals surface area (Å²) >= 11 is 5.02. The first-order chi connectivity index (χ1) is 10.8. The van der Waals surface area contributed by atoms with Crippen molar-refractivity contribution in [1.29, 1.82) is 0 Å². The van der Waals surface area contributed by atoms with E-state index in [1.165, 1.54) is 10.6 Å². The van der Waals surface area contributed by atoms with Gasteiger partial charge in [-0.15, -0.1) is 0 Å². The molecule has 0 aliphatic carbocycles. The van der Waals surface area contributed by atoms with Crippen LogP contribution in [0, 0.1) is 0 Å². The molecule has 126 valence electrons. The molecule has 6 heteroatoms. The fourth-order valence-electron chi connectivity index (χ4n) is 2.49. The van der Waals surface area contributed by atoms with Crippen molar-refractivity contribution < 1.29 is 9.53 Å². The van der Waals surface area contributed by atoms with Gasteiger partial charge < -0.3 is 10.5 Å². The smallest absolute Gasteiger partial charge is 0.269 e. The highest BCUT2D eigenvalue weighted by Gasteiger charge is 2.22. The number of hydrazine groups is 1. The monoisotopic (exact) mass is 335 g/mol.